The minimum Gasteiger partial charge on any atom is -0.313 e. The Balaban J connectivity index is 2.12. The molecule has 2 rings (SSSR count). The maximum absolute atomic E-state index is 6.36. The Hall–Kier alpha value is -0.380. The van der Waals surface area contributed by atoms with E-state index >= 15 is 0 Å². The van der Waals surface area contributed by atoms with Gasteiger partial charge in [-0.3, -0.25) is 0 Å². The van der Waals surface area contributed by atoms with Crippen LogP contribution in [0.5, 0.6) is 0 Å². The van der Waals surface area contributed by atoms with Gasteiger partial charge in [-0.1, -0.05) is 59.6 Å². The van der Waals surface area contributed by atoms with Crippen LogP contribution in [-0.2, 0) is 6.54 Å². The molecular formula is C16H16Cl3NS. The molecule has 5 heteroatoms. The van der Waals surface area contributed by atoms with Crippen molar-refractivity contribution < 1.29 is 0 Å². The standard InChI is InChI=1S/C16H16Cl3NS/c1-2-7-20-10-11-3-6-15(14(19)8-11)21-16-9-12(17)4-5-13(16)18/h3-6,8-9,20H,2,7,10H2,1H3. The average Bonchev–Trinajstić information content (AvgIpc) is 2.46. The molecule has 0 fully saturated rings. The van der Waals surface area contributed by atoms with E-state index in [1.165, 1.54) is 17.3 Å². The lowest BCUT2D eigenvalue weighted by Gasteiger charge is -2.09. The number of halogens is 3. The zero-order chi connectivity index (χ0) is 15.2. The van der Waals surface area contributed by atoms with Crippen molar-refractivity contribution in [3.05, 3.63) is 57.0 Å². The van der Waals surface area contributed by atoms with Crippen molar-refractivity contribution in [2.45, 2.75) is 29.7 Å². The van der Waals surface area contributed by atoms with Gasteiger partial charge in [-0.05, 0) is 48.9 Å². The van der Waals surface area contributed by atoms with Gasteiger partial charge in [0.15, 0.2) is 0 Å². The largest absolute Gasteiger partial charge is 0.313 e. The predicted molar refractivity (Wildman–Crippen MR) is 94.0 cm³/mol. The second-order valence-corrected chi connectivity index (χ2v) is 6.95. The average molecular weight is 361 g/mol. The lowest BCUT2D eigenvalue weighted by Crippen LogP contribution is -2.13. The van der Waals surface area contributed by atoms with Gasteiger partial charge in [0.25, 0.3) is 0 Å². The van der Waals surface area contributed by atoms with Crippen molar-refractivity contribution in [1.82, 2.24) is 5.32 Å². The summed E-state index contributed by atoms with van der Waals surface area (Å²) in [7, 11) is 0. The highest BCUT2D eigenvalue weighted by Crippen LogP contribution is 2.38. The minimum atomic E-state index is 0.665. The van der Waals surface area contributed by atoms with Crippen molar-refractivity contribution in [3.63, 3.8) is 0 Å². The highest BCUT2D eigenvalue weighted by molar-refractivity contribution is 7.99. The maximum atomic E-state index is 6.36. The Morgan fingerprint density at radius 3 is 2.48 bits per heavy atom. The third-order valence-corrected chi connectivity index (χ3v) is 5.10. The molecule has 2 aromatic rings. The summed E-state index contributed by atoms with van der Waals surface area (Å²) < 4.78 is 0. The van der Waals surface area contributed by atoms with Gasteiger partial charge in [-0.15, -0.1) is 0 Å². The number of benzene rings is 2. The zero-order valence-electron chi connectivity index (χ0n) is 11.6. The third-order valence-electron chi connectivity index (χ3n) is 2.87. The summed E-state index contributed by atoms with van der Waals surface area (Å²) in [4.78, 5) is 1.88. The van der Waals surface area contributed by atoms with Gasteiger partial charge in [0.2, 0.25) is 0 Å². The molecule has 0 radical (unpaired) electrons. The molecule has 0 atom stereocenters. The topological polar surface area (TPSA) is 12.0 Å². The van der Waals surface area contributed by atoms with E-state index in [0.717, 1.165) is 34.3 Å². The zero-order valence-corrected chi connectivity index (χ0v) is 14.7. The van der Waals surface area contributed by atoms with Gasteiger partial charge in [0.1, 0.15) is 0 Å². The summed E-state index contributed by atoms with van der Waals surface area (Å²) in [6, 6.07) is 11.5. The molecule has 0 aliphatic rings. The fourth-order valence-corrected chi connectivity index (χ4v) is 3.49. The van der Waals surface area contributed by atoms with Gasteiger partial charge in [0.05, 0.1) is 10.0 Å². The molecule has 0 aliphatic carbocycles. The molecule has 2 aromatic carbocycles. The first kappa shape index (κ1) is 17.0. The Morgan fingerprint density at radius 1 is 0.952 bits per heavy atom. The molecule has 0 heterocycles. The summed E-state index contributed by atoms with van der Waals surface area (Å²) in [5, 5.41) is 5.43. The van der Waals surface area contributed by atoms with Gasteiger partial charge >= 0.3 is 0 Å². The van der Waals surface area contributed by atoms with E-state index < -0.39 is 0 Å². The highest BCUT2D eigenvalue weighted by Gasteiger charge is 2.08. The summed E-state index contributed by atoms with van der Waals surface area (Å²) in [5.74, 6) is 0. The van der Waals surface area contributed by atoms with Crippen LogP contribution in [0.15, 0.2) is 46.2 Å². The van der Waals surface area contributed by atoms with Crippen LogP contribution in [0.3, 0.4) is 0 Å². The lowest BCUT2D eigenvalue weighted by molar-refractivity contribution is 0.675. The molecule has 0 aromatic heterocycles. The van der Waals surface area contributed by atoms with Crippen molar-refractivity contribution in [3.8, 4) is 0 Å². The van der Waals surface area contributed by atoms with E-state index in [0.29, 0.717) is 10.0 Å². The van der Waals surface area contributed by atoms with Crippen LogP contribution in [0.2, 0.25) is 15.1 Å². The second-order valence-electron chi connectivity index (χ2n) is 4.62. The molecule has 0 spiro atoms. The van der Waals surface area contributed by atoms with Crippen LogP contribution >= 0.6 is 46.6 Å². The molecule has 112 valence electrons. The van der Waals surface area contributed by atoms with E-state index in [1.807, 2.05) is 18.2 Å². The molecule has 0 aliphatic heterocycles. The van der Waals surface area contributed by atoms with Crippen LogP contribution in [0, 0.1) is 0 Å². The molecule has 0 saturated carbocycles. The number of rotatable bonds is 6. The molecule has 0 bridgehead atoms. The van der Waals surface area contributed by atoms with Crippen LogP contribution in [0.4, 0.5) is 0 Å². The fraction of sp³-hybridized carbons (Fsp3) is 0.250. The number of hydrogen-bond donors (Lipinski definition) is 1. The summed E-state index contributed by atoms with van der Waals surface area (Å²) >= 11 is 20.1. The SMILES string of the molecule is CCCNCc1ccc(Sc2cc(Cl)ccc2Cl)c(Cl)c1. The first-order valence-electron chi connectivity index (χ1n) is 6.72. The molecule has 0 unspecified atom stereocenters. The van der Waals surface area contributed by atoms with Gasteiger partial charge in [-0.25, -0.2) is 0 Å². The van der Waals surface area contributed by atoms with Crippen molar-refractivity contribution >= 4 is 46.6 Å². The lowest BCUT2D eigenvalue weighted by atomic mass is 10.2. The van der Waals surface area contributed by atoms with Crippen LogP contribution in [0.1, 0.15) is 18.9 Å². The first-order chi connectivity index (χ1) is 10.1. The minimum absolute atomic E-state index is 0.665. The van der Waals surface area contributed by atoms with E-state index in [1.54, 1.807) is 12.1 Å². The van der Waals surface area contributed by atoms with Crippen molar-refractivity contribution in [1.29, 1.82) is 0 Å². The quantitative estimate of drug-likeness (QED) is 0.607. The normalized spacial score (nSPS) is 10.9. The van der Waals surface area contributed by atoms with E-state index in [2.05, 4.69) is 18.3 Å². The summed E-state index contributed by atoms with van der Waals surface area (Å²) in [6.45, 7) is 3.98. The highest BCUT2D eigenvalue weighted by atomic mass is 35.5. The molecular weight excluding hydrogens is 345 g/mol. The van der Waals surface area contributed by atoms with Gasteiger partial charge in [0, 0.05) is 21.4 Å². The first-order valence-corrected chi connectivity index (χ1v) is 8.67. The number of nitrogens with one attached hydrogen (secondary N) is 1. The van der Waals surface area contributed by atoms with Gasteiger partial charge in [-0.2, -0.15) is 0 Å². The van der Waals surface area contributed by atoms with Gasteiger partial charge < -0.3 is 5.32 Å². The molecule has 1 N–H and O–H groups in total. The van der Waals surface area contributed by atoms with Crippen LogP contribution in [-0.4, -0.2) is 6.54 Å². The Morgan fingerprint density at radius 2 is 1.76 bits per heavy atom. The fourth-order valence-electron chi connectivity index (χ4n) is 1.82. The second kappa shape index (κ2) is 8.30. The molecule has 0 amide bonds. The third kappa shape index (κ3) is 5.08. The maximum Gasteiger partial charge on any atom is 0.0548 e. The van der Waals surface area contributed by atoms with Crippen molar-refractivity contribution in [2.75, 3.05) is 6.54 Å². The van der Waals surface area contributed by atoms with Crippen LogP contribution < -0.4 is 5.32 Å². The monoisotopic (exact) mass is 359 g/mol. The Kier molecular flexibility index (Phi) is 6.72. The van der Waals surface area contributed by atoms with E-state index in [9.17, 15) is 0 Å². The molecule has 21 heavy (non-hydrogen) atoms. The smallest absolute Gasteiger partial charge is 0.0548 e. The van der Waals surface area contributed by atoms with E-state index in [4.69, 9.17) is 34.8 Å². The predicted octanol–water partition coefficient (Wildman–Crippen LogP) is 6.30. The van der Waals surface area contributed by atoms with Crippen LogP contribution in [0.25, 0.3) is 0 Å². The summed E-state index contributed by atoms with van der Waals surface area (Å²) in [6.07, 6.45) is 1.12. The molecule has 1 nitrogen and oxygen atoms in total. The Bertz CT molecular complexity index is 616. The Labute approximate surface area is 145 Å². The van der Waals surface area contributed by atoms with Crippen molar-refractivity contribution in [2.24, 2.45) is 0 Å². The molecule has 0 saturated heterocycles. The number of hydrogen-bond acceptors (Lipinski definition) is 2. The van der Waals surface area contributed by atoms with E-state index in [-0.39, 0.29) is 0 Å². The summed E-state index contributed by atoms with van der Waals surface area (Å²) in [5.41, 5.74) is 1.18.